The Morgan fingerprint density at radius 3 is 1.61 bits per heavy atom. The Balaban J connectivity index is 3.34. The average molecular weight is 249 g/mol. The molecule has 0 aliphatic rings. The minimum atomic E-state index is -0.777. The third-order valence-corrected chi connectivity index (χ3v) is 2.86. The largest absolute Gasteiger partial charge is 0.410 e. The first-order valence-corrected chi connectivity index (χ1v) is 6.13. The Labute approximate surface area is 109 Å². The Bertz CT molecular complexity index is 418. The van der Waals surface area contributed by atoms with Gasteiger partial charge in [-0.1, -0.05) is 47.6 Å². The molecule has 1 amide bonds. The zero-order valence-electron chi connectivity index (χ0n) is 12.1. The molecule has 0 saturated carbocycles. The molecular weight excluding hydrogens is 226 g/mol. The highest BCUT2D eigenvalue weighted by molar-refractivity contribution is 5.68. The maximum absolute atomic E-state index is 10.9. The van der Waals surface area contributed by atoms with E-state index >= 15 is 0 Å². The van der Waals surface area contributed by atoms with Crippen molar-refractivity contribution < 1.29 is 9.53 Å². The van der Waals surface area contributed by atoms with E-state index in [1.165, 1.54) is 0 Å². The molecule has 0 aliphatic heterocycles. The minimum Gasteiger partial charge on any atom is -0.410 e. The zero-order chi connectivity index (χ0) is 14.1. The van der Waals surface area contributed by atoms with Crippen LogP contribution in [-0.4, -0.2) is 6.09 Å². The average Bonchev–Trinajstić information content (AvgIpc) is 2.13. The van der Waals surface area contributed by atoms with Crippen molar-refractivity contribution >= 4 is 6.09 Å². The van der Waals surface area contributed by atoms with Gasteiger partial charge in [0.05, 0.1) is 0 Å². The number of nitrogens with two attached hydrogens (primary N) is 1. The summed E-state index contributed by atoms with van der Waals surface area (Å²) in [7, 11) is 0. The van der Waals surface area contributed by atoms with E-state index in [1.54, 1.807) is 0 Å². The molecule has 0 bridgehead atoms. The second kappa shape index (κ2) is 4.63. The van der Waals surface area contributed by atoms with Gasteiger partial charge in [0, 0.05) is 0 Å². The van der Waals surface area contributed by atoms with Crippen molar-refractivity contribution in [2.75, 3.05) is 0 Å². The monoisotopic (exact) mass is 249 g/mol. The summed E-state index contributed by atoms with van der Waals surface area (Å²) < 4.78 is 5.02. The van der Waals surface area contributed by atoms with Crippen molar-refractivity contribution in [3.05, 3.63) is 29.3 Å². The van der Waals surface area contributed by atoms with Crippen molar-refractivity contribution in [3.8, 4) is 5.75 Å². The predicted molar refractivity (Wildman–Crippen MR) is 74.1 cm³/mol. The molecule has 0 radical (unpaired) electrons. The fourth-order valence-corrected chi connectivity index (χ4v) is 1.64. The number of hydrogen-bond acceptors (Lipinski definition) is 2. The Hall–Kier alpha value is -1.51. The van der Waals surface area contributed by atoms with Crippen LogP contribution in [0.2, 0.25) is 0 Å². The molecule has 0 heterocycles. The maximum atomic E-state index is 10.9. The second-order valence-corrected chi connectivity index (χ2v) is 6.67. The number of amides is 1. The van der Waals surface area contributed by atoms with Gasteiger partial charge in [0.25, 0.3) is 0 Å². The van der Waals surface area contributed by atoms with Crippen LogP contribution in [0.5, 0.6) is 5.75 Å². The number of rotatable bonds is 1. The smallest absolute Gasteiger partial charge is 0.409 e. The molecule has 18 heavy (non-hydrogen) atoms. The molecule has 100 valence electrons. The number of primary amides is 1. The SMILES string of the molecule is CC(C)(C)c1cc(OC(N)=O)cc(C(C)(C)C)c1. The van der Waals surface area contributed by atoms with Crippen LogP contribution in [0.1, 0.15) is 52.7 Å². The van der Waals surface area contributed by atoms with Crippen molar-refractivity contribution in [2.45, 2.75) is 52.4 Å². The van der Waals surface area contributed by atoms with Gasteiger partial charge in [0.15, 0.2) is 0 Å². The lowest BCUT2D eigenvalue weighted by molar-refractivity contribution is 0.210. The molecule has 0 atom stereocenters. The molecule has 3 heteroatoms. The Kier molecular flexibility index (Phi) is 3.75. The summed E-state index contributed by atoms with van der Waals surface area (Å²) in [5, 5.41) is 0. The van der Waals surface area contributed by atoms with Gasteiger partial charge in [-0.15, -0.1) is 0 Å². The molecule has 1 rings (SSSR count). The summed E-state index contributed by atoms with van der Waals surface area (Å²) in [6.07, 6.45) is -0.777. The molecule has 1 aromatic carbocycles. The van der Waals surface area contributed by atoms with Crippen molar-refractivity contribution in [2.24, 2.45) is 5.73 Å². The predicted octanol–water partition coefficient (Wildman–Crippen LogP) is 3.74. The highest BCUT2D eigenvalue weighted by atomic mass is 16.5. The molecule has 0 spiro atoms. The lowest BCUT2D eigenvalue weighted by atomic mass is 9.80. The van der Waals surface area contributed by atoms with E-state index in [9.17, 15) is 4.79 Å². The highest BCUT2D eigenvalue weighted by Gasteiger charge is 2.21. The van der Waals surface area contributed by atoms with Crippen LogP contribution in [0, 0.1) is 0 Å². The number of ether oxygens (including phenoxy) is 1. The lowest BCUT2D eigenvalue weighted by Crippen LogP contribution is -2.20. The Morgan fingerprint density at radius 1 is 0.944 bits per heavy atom. The minimum absolute atomic E-state index is 0.00296. The molecule has 0 unspecified atom stereocenters. The summed E-state index contributed by atoms with van der Waals surface area (Å²) in [6.45, 7) is 12.8. The third-order valence-electron chi connectivity index (χ3n) is 2.86. The van der Waals surface area contributed by atoms with E-state index in [2.05, 4.69) is 47.6 Å². The van der Waals surface area contributed by atoms with E-state index < -0.39 is 6.09 Å². The normalized spacial score (nSPS) is 12.3. The molecule has 1 aromatic rings. The lowest BCUT2D eigenvalue weighted by Gasteiger charge is -2.25. The van der Waals surface area contributed by atoms with Gasteiger partial charge in [-0.25, -0.2) is 4.79 Å². The standard InChI is InChI=1S/C15H23NO2/c1-14(2,3)10-7-11(15(4,5)6)9-12(8-10)18-13(16)17/h7-9H,1-6H3,(H2,16,17). The van der Waals surface area contributed by atoms with E-state index in [0.29, 0.717) is 5.75 Å². The van der Waals surface area contributed by atoms with Gasteiger partial charge in [-0.3, -0.25) is 0 Å². The van der Waals surface area contributed by atoms with Crippen molar-refractivity contribution in [3.63, 3.8) is 0 Å². The van der Waals surface area contributed by atoms with Gasteiger partial charge >= 0.3 is 6.09 Å². The van der Waals surface area contributed by atoms with E-state index in [1.807, 2.05) is 12.1 Å². The maximum Gasteiger partial charge on any atom is 0.409 e. The summed E-state index contributed by atoms with van der Waals surface area (Å²) in [5.41, 5.74) is 7.34. The third kappa shape index (κ3) is 3.76. The second-order valence-electron chi connectivity index (χ2n) is 6.67. The summed E-state index contributed by atoms with van der Waals surface area (Å²) in [6, 6.07) is 5.91. The van der Waals surface area contributed by atoms with Crippen LogP contribution >= 0.6 is 0 Å². The molecular formula is C15H23NO2. The van der Waals surface area contributed by atoms with Crippen molar-refractivity contribution in [1.82, 2.24) is 0 Å². The molecule has 0 aromatic heterocycles. The molecule has 0 saturated heterocycles. The van der Waals surface area contributed by atoms with Gasteiger partial charge in [0.2, 0.25) is 0 Å². The van der Waals surface area contributed by atoms with Crippen LogP contribution in [0.25, 0.3) is 0 Å². The summed E-state index contributed by atoms with van der Waals surface area (Å²) in [4.78, 5) is 10.9. The molecule has 3 nitrogen and oxygen atoms in total. The van der Waals surface area contributed by atoms with Gasteiger partial charge in [0.1, 0.15) is 5.75 Å². The quantitative estimate of drug-likeness (QED) is 0.824. The van der Waals surface area contributed by atoms with Crippen LogP contribution in [0.3, 0.4) is 0 Å². The highest BCUT2D eigenvalue weighted by Crippen LogP contribution is 2.32. The summed E-state index contributed by atoms with van der Waals surface area (Å²) in [5.74, 6) is 0.514. The first-order valence-electron chi connectivity index (χ1n) is 6.13. The fraction of sp³-hybridized carbons (Fsp3) is 0.533. The van der Waals surface area contributed by atoms with Crippen LogP contribution < -0.4 is 10.5 Å². The molecule has 2 N–H and O–H groups in total. The van der Waals surface area contributed by atoms with Crippen LogP contribution in [0.15, 0.2) is 18.2 Å². The number of carbonyl (C=O) groups excluding carboxylic acids is 1. The zero-order valence-corrected chi connectivity index (χ0v) is 12.1. The van der Waals surface area contributed by atoms with Crippen molar-refractivity contribution in [1.29, 1.82) is 0 Å². The van der Waals surface area contributed by atoms with Gasteiger partial charge < -0.3 is 10.5 Å². The topological polar surface area (TPSA) is 52.3 Å². The molecule has 0 fully saturated rings. The number of benzene rings is 1. The van der Waals surface area contributed by atoms with Crippen LogP contribution in [-0.2, 0) is 10.8 Å². The summed E-state index contributed by atoms with van der Waals surface area (Å²) >= 11 is 0. The van der Waals surface area contributed by atoms with Gasteiger partial charge in [-0.2, -0.15) is 0 Å². The number of hydrogen-bond donors (Lipinski definition) is 1. The van der Waals surface area contributed by atoms with E-state index in [0.717, 1.165) is 11.1 Å². The number of carbonyl (C=O) groups is 1. The van der Waals surface area contributed by atoms with Crippen LogP contribution in [0.4, 0.5) is 4.79 Å². The molecule has 0 aliphatic carbocycles. The fourth-order valence-electron chi connectivity index (χ4n) is 1.64. The Morgan fingerprint density at radius 2 is 1.33 bits per heavy atom. The van der Waals surface area contributed by atoms with E-state index in [-0.39, 0.29) is 10.8 Å². The first-order chi connectivity index (χ1) is 8.00. The van der Waals surface area contributed by atoms with E-state index in [4.69, 9.17) is 10.5 Å². The van der Waals surface area contributed by atoms with Gasteiger partial charge in [-0.05, 0) is 34.1 Å². The first kappa shape index (κ1) is 14.6.